The molecular weight excluding hydrogens is 416 g/mol. The van der Waals surface area contributed by atoms with Crippen LogP contribution in [0.25, 0.3) is 11.1 Å². The van der Waals surface area contributed by atoms with Gasteiger partial charge in [0.25, 0.3) is 0 Å². The first-order valence-corrected chi connectivity index (χ1v) is 9.32. The number of carboxylic acids is 1. The molecule has 0 unspecified atom stereocenters. The third kappa shape index (κ3) is 4.34. The van der Waals surface area contributed by atoms with Crippen LogP contribution >= 0.6 is 0 Å². The Labute approximate surface area is 183 Å². The predicted octanol–water partition coefficient (Wildman–Crippen LogP) is 3.84. The van der Waals surface area contributed by atoms with Gasteiger partial charge in [0.1, 0.15) is 11.3 Å². The molecule has 0 radical (unpaired) electrons. The van der Waals surface area contributed by atoms with Gasteiger partial charge in [-0.05, 0) is 35.9 Å². The summed E-state index contributed by atoms with van der Waals surface area (Å²) in [5, 5.41) is 9.73. The summed E-state index contributed by atoms with van der Waals surface area (Å²) < 4.78 is 14.9. The molecule has 0 fully saturated rings. The van der Waals surface area contributed by atoms with Gasteiger partial charge in [-0.15, -0.1) is 0 Å². The van der Waals surface area contributed by atoms with Gasteiger partial charge in [0.05, 0.1) is 30.9 Å². The summed E-state index contributed by atoms with van der Waals surface area (Å²) in [4.78, 5) is 49.3. The number of esters is 3. The van der Waals surface area contributed by atoms with Crippen LogP contribution in [0.1, 0.15) is 41.4 Å². The van der Waals surface area contributed by atoms with Gasteiger partial charge in [-0.3, -0.25) is 0 Å². The number of para-hydroxylation sites is 1. The number of benzene rings is 3. The minimum Gasteiger partial charge on any atom is -0.478 e. The molecule has 1 N–H and O–H groups in total. The Hall–Kier alpha value is -4.46. The van der Waals surface area contributed by atoms with Crippen molar-refractivity contribution in [3.05, 3.63) is 89.0 Å². The van der Waals surface area contributed by atoms with E-state index in [9.17, 15) is 24.3 Å². The third-order valence-corrected chi connectivity index (χ3v) is 4.61. The lowest BCUT2D eigenvalue weighted by atomic mass is 9.91. The molecule has 3 aromatic carbocycles. The second kappa shape index (κ2) is 9.57. The molecule has 162 valence electrons. The summed E-state index contributed by atoms with van der Waals surface area (Å²) in [5.41, 5.74) is -0.0490. The second-order valence-corrected chi connectivity index (χ2v) is 6.45. The molecule has 0 aliphatic heterocycles. The standard InChI is InChI=1S/C24H18O8/c1-30-22(27)15-9-4-3-8-14(15)20-17(21(25)26)11-7-12-18(20)24(29)32-19-13-6-5-10-16(19)23(28)31-2/h3-13H,1-2H3,(H,25,26). The molecule has 3 aromatic rings. The summed E-state index contributed by atoms with van der Waals surface area (Å²) in [6.07, 6.45) is 0. The van der Waals surface area contributed by atoms with E-state index in [1.54, 1.807) is 24.3 Å². The lowest BCUT2D eigenvalue weighted by Crippen LogP contribution is -2.16. The Kier molecular flexibility index (Phi) is 6.65. The third-order valence-electron chi connectivity index (χ3n) is 4.61. The zero-order valence-electron chi connectivity index (χ0n) is 17.2. The predicted molar refractivity (Wildman–Crippen MR) is 113 cm³/mol. The number of carbonyl (C=O) groups excluding carboxylic acids is 3. The van der Waals surface area contributed by atoms with Crippen molar-refractivity contribution in [3.63, 3.8) is 0 Å². The summed E-state index contributed by atoms with van der Waals surface area (Å²) in [5.74, 6) is -3.68. The van der Waals surface area contributed by atoms with Crippen LogP contribution in [0.4, 0.5) is 0 Å². The number of ether oxygens (including phenoxy) is 3. The molecule has 0 aliphatic carbocycles. The van der Waals surface area contributed by atoms with E-state index in [1.165, 1.54) is 56.7 Å². The highest BCUT2D eigenvalue weighted by Crippen LogP contribution is 2.32. The molecule has 0 aliphatic rings. The fraction of sp³-hybridized carbons (Fsp3) is 0.0833. The van der Waals surface area contributed by atoms with Crippen molar-refractivity contribution in [3.8, 4) is 16.9 Å². The minimum atomic E-state index is -1.30. The second-order valence-electron chi connectivity index (χ2n) is 6.45. The summed E-state index contributed by atoms with van der Waals surface area (Å²) in [6.45, 7) is 0. The summed E-state index contributed by atoms with van der Waals surface area (Å²) in [7, 11) is 2.39. The minimum absolute atomic E-state index is 0.0125. The van der Waals surface area contributed by atoms with Crippen LogP contribution in [0.2, 0.25) is 0 Å². The monoisotopic (exact) mass is 434 g/mol. The molecule has 8 nitrogen and oxygen atoms in total. The van der Waals surface area contributed by atoms with Gasteiger partial charge < -0.3 is 19.3 Å². The zero-order chi connectivity index (χ0) is 23.3. The van der Waals surface area contributed by atoms with Gasteiger partial charge >= 0.3 is 23.9 Å². The van der Waals surface area contributed by atoms with Crippen molar-refractivity contribution in [2.75, 3.05) is 14.2 Å². The molecule has 0 spiro atoms. The van der Waals surface area contributed by atoms with Crippen molar-refractivity contribution in [1.29, 1.82) is 0 Å². The van der Waals surface area contributed by atoms with Crippen LogP contribution in [-0.4, -0.2) is 43.2 Å². The van der Waals surface area contributed by atoms with Gasteiger partial charge in [0, 0.05) is 5.56 Å². The largest absolute Gasteiger partial charge is 0.478 e. The zero-order valence-corrected chi connectivity index (χ0v) is 17.2. The van der Waals surface area contributed by atoms with E-state index in [1.807, 2.05) is 0 Å². The molecule has 0 saturated carbocycles. The highest BCUT2D eigenvalue weighted by atomic mass is 16.5. The molecule has 0 saturated heterocycles. The van der Waals surface area contributed by atoms with Gasteiger partial charge in [-0.25, -0.2) is 19.2 Å². The molecule has 0 bridgehead atoms. The van der Waals surface area contributed by atoms with Crippen molar-refractivity contribution in [1.82, 2.24) is 0 Å². The number of hydrogen-bond donors (Lipinski definition) is 1. The first-order valence-electron chi connectivity index (χ1n) is 9.32. The van der Waals surface area contributed by atoms with Crippen molar-refractivity contribution < 1.29 is 38.5 Å². The van der Waals surface area contributed by atoms with E-state index in [2.05, 4.69) is 0 Å². The van der Waals surface area contributed by atoms with Crippen LogP contribution < -0.4 is 4.74 Å². The van der Waals surface area contributed by atoms with Gasteiger partial charge in [0.2, 0.25) is 0 Å². The number of rotatable bonds is 6. The molecular formula is C24H18O8. The first-order chi connectivity index (χ1) is 15.4. The van der Waals surface area contributed by atoms with E-state index in [0.29, 0.717) is 0 Å². The molecule has 32 heavy (non-hydrogen) atoms. The average Bonchev–Trinajstić information content (AvgIpc) is 2.82. The number of hydrogen-bond acceptors (Lipinski definition) is 7. The fourth-order valence-electron chi connectivity index (χ4n) is 3.17. The Balaban J connectivity index is 2.18. The molecule has 0 aromatic heterocycles. The van der Waals surface area contributed by atoms with Crippen molar-refractivity contribution >= 4 is 23.9 Å². The maximum absolute atomic E-state index is 13.1. The summed E-state index contributed by atoms with van der Waals surface area (Å²) in [6, 6.07) is 16.2. The number of carbonyl (C=O) groups is 4. The van der Waals surface area contributed by atoms with E-state index in [0.717, 1.165) is 0 Å². The topological polar surface area (TPSA) is 116 Å². The van der Waals surface area contributed by atoms with Crippen LogP contribution in [0, 0.1) is 0 Å². The first kappa shape index (κ1) is 22.2. The lowest BCUT2D eigenvalue weighted by Gasteiger charge is -2.15. The maximum atomic E-state index is 13.1. The van der Waals surface area contributed by atoms with E-state index < -0.39 is 23.9 Å². The number of carboxylic acid groups (broad SMARTS) is 1. The SMILES string of the molecule is COC(=O)c1ccccc1OC(=O)c1cccc(C(=O)O)c1-c1ccccc1C(=O)OC. The van der Waals surface area contributed by atoms with Crippen molar-refractivity contribution in [2.45, 2.75) is 0 Å². The van der Waals surface area contributed by atoms with Crippen LogP contribution in [0.5, 0.6) is 5.75 Å². The Morgan fingerprint density at radius 1 is 0.625 bits per heavy atom. The highest BCUT2D eigenvalue weighted by Gasteiger charge is 2.26. The van der Waals surface area contributed by atoms with E-state index in [-0.39, 0.29) is 39.1 Å². The quantitative estimate of drug-likeness (QED) is 0.459. The highest BCUT2D eigenvalue weighted by molar-refractivity contribution is 6.09. The van der Waals surface area contributed by atoms with Crippen LogP contribution in [-0.2, 0) is 9.47 Å². The van der Waals surface area contributed by atoms with Crippen LogP contribution in [0.3, 0.4) is 0 Å². The molecule has 3 rings (SSSR count). The van der Waals surface area contributed by atoms with Gasteiger partial charge in [-0.2, -0.15) is 0 Å². The van der Waals surface area contributed by atoms with E-state index >= 15 is 0 Å². The normalized spacial score (nSPS) is 10.2. The smallest absolute Gasteiger partial charge is 0.344 e. The molecule has 8 heteroatoms. The van der Waals surface area contributed by atoms with Crippen LogP contribution in [0.15, 0.2) is 66.7 Å². The van der Waals surface area contributed by atoms with Crippen molar-refractivity contribution in [2.24, 2.45) is 0 Å². The Morgan fingerprint density at radius 2 is 1.16 bits per heavy atom. The number of methoxy groups -OCH3 is 2. The lowest BCUT2D eigenvalue weighted by molar-refractivity contribution is 0.0585. The Bertz CT molecular complexity index is 1210. The number of aromatic carboxylic acids is 1. The molecule has 0 atom stereocenters. The van der Waals surface area contributed by atoms with E-state index in [4.69, 9.17) is 14.2 Å². The Morgan fingerprint density at radius 3 is 1.81 bits per heavy atom. The average molecular weight is 434 g/mol. The molecule has 0 heterocycles. The van der Waals surface area contributed by atoms with Gasteiger partial charge in [0.15, 0.2) is 0 Å². The summed E-state index contributed by atoms with van der Waals surface area (Å²) >= 11 is 0. The van der Waals surface area contributed by atoms with Gasteiger partial charge in [-0.1, -0.05) is 36.4 Å². The molecule has 0 amide bonds. The fourth-order valence-corrected chi connectivity index (χ4v) is 3.17. The maximum Gasteiger partial charge on any atom is 0.344 e.